The van der Waals surface area contributed by atoms with Gasteiger partial charge in [0, 0.05) is 28.9 Å². The van der Waals surface area contributed by atoms with E-state index < -0.39 is 12.1 Å². The quantitative estimate of drug-likeness (QED) is 0.516. The zero-order valence-corrected chi connectivity index (χ0v) is 16.6. The maximum Gasteiger partial charge on any atom is 0.303 e. The van der Waals surface area contributed by atoms with E-state index in [0.29, 0.717) is 18.8 Å². The second kappa shape index (κ2) is 8.76. The minimum atomic E-state index is -0.862. The predicted octanol–water partition coefficient (Wildman–Crippen LogP) is 5.55. The van der Waals surface area contributed by atoms with Crippen molar-refractivity contribution < 1.29 is 19.4 Å². The number of carbonyl (C=O) groups is 1. The Morgan fingerprint density at radius 1 is 1.17 bits per heavy atom. The second-order valence-corrected chi connectivity index (χ2v) is 7.80. The van der Waals surface area contributed by atoms with Gasteiger partial charge in [0.15, 0.2) is 0 Å². The van der Waals surface area contributed by atoms with Crippen LogP contribution in [0.3, 0.4) is 0 Å². The molecule has 1 aliphatic carbocycles. The van der Waals surface area contributed by atoms with Crippen molar-refractivity contribution in [1.29, 1.82) is 0 Å². The van der Waals surface area contributed by atoms with Crippen LogP contribution in [-0.4, -0.2) is 27.3 Å². The third-order valence-corrected chi connectivity index (χ3v) is 5.43. The molecule has 0 saturated heterocycles. The number of hydrogen-bond donors (Lipinski definition) is 2. The molecule has 1 saturated carbocycles. The van der Waals surface area contributed by atoms with E-state index in [4.69, 9.17) is 10.1 Å². The average molecular weight is 405 g/mol. The molecule has 5 heteroatoms. The molecule has 2 N–H and O–H groups in total. The first-order valence-electron chi connectivity index (χ1n) is 10.3. The third kappa shape index (κ3) is 4.57. The van der Waals surface area contributed by atoms with Crippen molar-refractivity contribution >= 4 is 22.9 Å². The number of fused-ring (bicyclic) bond motifs is 1. The number of carboxylic acid groups (broad SMARTS) is 1. The highest BCUT2D eigenvalue weighted by Gasteiger charge is 2.29. The van der Waals surface area contributed by atoms with Crippen molar-refractivity contribution in [2.24, 2.45) is 0 Å². The smallest absolute Gasteiger partial charge is 0.303 e. The van der Waals surface area contributed by atoms with Gasteiger partial charge in [0.05, 0.1) is 17.3 Å². The van der Waals surface area contributed by atoms with E-state index in [2.05, 4.69) is 0 Å². The Morgan fingerprint density at radius 3 is 2.60 bits per heavy atom. The minimum Gasteiger partial charge on any atom is -0.481 e. The SMILES string of the molecule is O=C(O)CCCC(O)C=Cc1c(C2CC2)nc2ccccc2c1-c1ccc(F)cc1. The van der Waals surface area contributed by atoms with Crippen LogP contribution in [0.2, 0.25) is 0 Å². The van der Waals surface area contributed by atoms with E-state index in [1.54, 1.807) is 18.2 Å². The van der Waals surface area contributed by atoms with Gasteiger partial charge in [0.25, 0.3) is 0 Å². The third-order valence-electron chi connectivity index (χ3n) is 5.43. The maximum atomic E-state index is 13.6. The van der Waals surface area contributed by atoms with E-state index in [-0.39, 0.29) is 12.2 Å². The summed E-state index contributed by atoms with van der Waals surface area (Å²) in [6.07, 6.45) is 5.88. The number of hydrogen-bond acceptors (Lipinski definition) is 3. The molecule has 1 fully saturated rings. The van der Waals surface area contributed by atoms with Gasteiger partial charge in [-0.15, -0.1) is 0 Å². The first-order chi connectivity index (χ1) is 14.5. The topological polar surface area (TPSA) is 70.4 Å². The van der Waals surface area contributed by atoms with Gasteiger partial charge in [-0.3, -0.25) is 9.78 Å². The standard InChI is InChI=1S/C25H24FNO3/c26-18-12-10-16(11-13-18)24-20-5-1-2-6-22(20)27-25(17-8-9-17)21(24)15-14-19(28)4-3-7-23(29)30/h1-2,5-6,10-15,17,19,28H,3-4,7-9H2,(H,29,30). The molecule has 0 spiro atoms. The van der Waals surface area contributed by atoms with Crippen LogP contribution in [0.25, 0.3) is 28.1 Å². The lowest BCUT2D eigenvalue weighted by molar-refractivity contribution is -0.137. The molecule has 0 aliphatic heterocycles. The molecule has 2 aromatic carbocycles. The first kappa shape index (κ1) is 20.2. The zero-order valence-electron chi connectivity index (χ0n) is 16.6. The van der Waals surface area contributed by atoms with Gasteiger partial charge in [-0.05, 0) is 49.4 Å². The predicted molar refractivity (Wildman–Crippen MR) is 116 cm³/mol. The summed E-state index contributed by atoms with van der Waals surface area (Å²) >= 11 is 0. The minimum absolute atomic E-state index is 0.0383. The molecule has 3 aromatic rings. The van der Waals surface area contributed by atoms with Gasteiger partial charge >= 0.3 is 5.97 Å². The molecule has 30 heavy (non-hydrogen) atoms. The highest BCUT2D eigenvalue weighted by molar-refractivity contribution is 5.99. The van der Waals surface area contributed by atoms with Crippen LogP contribution in [0, 0.1) is 5.82 Å². The average Bonchev–Trinajstić information content (AvgIpc) is 3.57. The summed E-state index contributed by atoms with van der Waals surface area (Å²) in [5, 5.41) is 20.1. The number of benzene rings is 2. The van der Waals surface area contributed by atoms with Crippen LogP contribution in [0.5, 0.6) is 0 Å². The van der Waals surface area contributed by atoms with E-state index in [1.807, 2.05) is 30.3 Å². The fourth-order valence-corrected chi connectivity index (χ4v) is 3.78. The van der Waals surface area contributed by atoms with E-state index in [1.165, 1.54) is 12.1 Å². The molecule has 154 valence electrons. The molecule has 4 nitrogen and oxygen atoms in total. The normalized spacial score (nSPS) is 15.0. The molecular weight excluding hydrogens is 381 g/mol. The molecule has 1 aromatic heterocycles. The Kier molecular flexibility index (Phi) is 5.91. The van der Waals surface area contributed by atoms with E-state index >= 15 is 0 Å². The first-order valence-corrected chi connectivity index (χ1v) is 10.3. The summed E-state index contributed by atoms with van der Waals surface area (Å²) in [7, 11) is 0. The fourth-order valence-electron chi connectivity index (χ4n) is 3.78. The number of carboxylic acids is 1. The molecular formula is C25H24FNO3. The Morgan fingerprint density at radius 2 is 1.90 bits per heavy atom. The van der Waals surface area contributed by atoms with E-state index in [9.17, 15) is 14.3 Å². The number of aromatic nitrogens is 1. The Bertz CT molecular complexity index is 1090. The summed E-state index contributed by atoms with van der Waals surface area (Å²) in [6.45, 7) is 0. The monoisotopic (exact) mass is 405 g/mol. The van der Waals surface area contributed by atoms with Gasteiger partial charge < -0.3 is 10.2 Å². The number of para-hydroxylation sites is 1. The maximum absolute atomic E-state index is 13.6. The number of pyridine rings is 1. The van der Waals surface area contributed by atoms with Crippen LogP contribution in [0.1, 0.15) is 49.3 Å². The Balaban J connectivity index is 1.79. The highest BCUT2D eigenvalue weighted by atomic mass is 19.1. The van der Waals surface area contributed by atoms with Crippen molar-refractivity contribution in [3.63, 3.8) is 0 Å². The summed E-state index contributed by atoms with van der Waals surface area (Å²) in [6, 6.07) is 14.4. The summed E-state index contributed by atoms with van der Waals surface area (Å²) in [5.41, 5.74) is 4.73. The molecule has 1 heterocycles. The van der Waals surface area contributed by atoms with Gasteiger partial charge in [-0.2, -0.15) is 0 Å². The van der Waals surface area contributed by atoms with Crippen molar-refractivity contribution in [2.45, 2.75) is 44.1 Å². The van der Waals surface area contributed by atoms with Crippen molar-refractivity contribution in [3.8, 4) is 11.1 Å². The van der Waals surface area contributed by atoms with Crippen molar-refractivity contribution in [3.05, 3.63) is 71.7 Å². The lowest BCUT2D eigenvalue weighted by Gasteiger charge is -2.16. The van der Waals surface area contributed by atoms with Gasteiger partial charge in [0.2, 0.25) is 0 Å². The van der Waals surface area contributed by atoms with Crippen molar-refractivity contribution in [2.75, 3.05) is 0 Å². The lowest BCUT2D eigenvalue weighted by atomic mass is 9.92. The summed E-state index contributed by atoms with van der Waals surface area (Å²) in [4.78, 5) is 15.6. The van der Waals surface area contributed by atoms with Gasteiger partial charge in [-0.1, -0.05) is 42.5 Å². The van der Waals surface area contributed by atoms with Gasteiger partial charge in [-0.25, -0.2) is 4.39 Å². The molecule has 1 atom stereocenters. The Labute approximate surface area is 174 Å². The highest BCUT2D eigenvalue weighted by Crippen LogP contribution is 2.45. The van der Waals surface area contributed by atoms with Crippen molar-refractivity contribution in [1.82, 2.24) is 4.98 Å². The largest absolute Gasteiger partial charge is 0.481 e. The molecule has 1 unspecified atom stereocenters. The molecule has 1 aliphatic rings. The lowest BCUT2D eigenvalue weighted by Crippen LogP contribution is -2.04. The summed E-state index contributed by atoms with van der Waals surface area (Å²) in [5.74, 6) is -0.761. The number of aliphatic hydroxyl groups excluding tert-OH is 1. The van der Waals surface area contributed by atoms with E-state index in [0.717, 1.165) is 46.1 Å². The molecule has 4 rings (SSSR count). The Hall–Kier alpha value is -3.05. The fraction of sp³-hybridized carbons (Fsp3) is 0.280. The number of aliphatic carboxylic acids is 1. The molecule has 0 bridgehead atoms. The molecule has 0 radical (unpaired) electrons. The van der Waals surface area contributed by atoms with Gasteiger partial charge in [0.1, 0.15) is 5.82 Å². The van der Waals surface area contributed by atoms with Crippen LogP contribution >= 0.6 is 0 Å². The summed E-state index contributed by atoms with van der Waals surface area (Å²) < 4.78 is 13.6. The number of rotatable bonds is 8. The number of halogens is 1. The zero-order chi connectivity index (χ0) is 21.1. The van der Waals surface area contributed by atoms with Crippen LogP contribution in [0.4, 0.5) is 4.39 Å². The number of aliphatic hydroxyl groups is 1. The van der Waals surface area contributed by atoms with Crippen LogP contribution in [0.15, 0.2) is 54.6 Å². The van der Waals surface area contributed by atoms with Crippen LogP contribution < -0.4 is 0 Å². The van der Waals surface area contributed by atoms with Crippen LogP contribution in [-0.2, 0) is 4.79 Å². The number of nitrogens with zero attached hydrogens (tertiary/aromatic N) is 1. The molecule has 0 amide bonds. The second-order valence-electron chi connectivity index (χ2n) is 7.80.